The molecule has 1 aliphatic heterocycles. The molecule has 1 aliphatic carbocycles. The molecule has 2 unspecified atom stereocenters. The van der Waals surface area contributed by atoms with Crippen LogP contribution < -0.4 is 11.1 Å². The molecular weight excluding hydrogens is 204 g/mol. The summed E-state index contributed by atoms with van der Waals surface area (Å²) in [6.07, 6.45) is 3.12. The lowest BCUT2D eigenvalue weighted by molar-refractivity contribution is -0.103. The molecule has 0 spiro atoms. The minimum atomic E-state index is -0.152. The van der Waals surface area contributed by atoms with Gasteiger partial charge in [-0.15, -0.1) is 0 Å². The Morgan fingerprint density at radius 1 is 1.44 bits per heavy atom. The molecule has 4 heteroatoms. The molecule has 2 fully saturated rings. The number of hydrogen-bond donors (Lipinski definition) is 3. The van der Waals surface area contributed by atoms with E-state index < -0.39 is 0 Å². The lowest BCUT2D eigenvalue weighted by atomic mass is 9.84. The van der Waals surface area contributed by atoms with Gasteiger partial charge >= 0.3 is 0 Å². The fourth-order valence-corrected chi connectivity index (χ4v) is 2.72. The van der Waals surface area contributed by atoms with Crippen molar-refractivity contribution in [3.63, 3.8) is 0 Å². The van der Waals surface area contributed by atoms with E-state index in [0.29, 0.717) is 18.0 Å². The molecule has 6 atom stereocenters. The summed E-state index contributed by atoms with van der Waals surface area (Å²) in [5, 5.41) is 13.4. The summed E-state index contributed by atoms with van der Waals surface area (Å²) in [6.45, 7) is 4.86. The summed E-state index contributed by atoms with van der Waals surface area (Å²) in [5.41, 5.74) is 5.83. The van der Waals surface area contributed by atoms with Gasteiger partial charge in [-0.3, -0.25) is 0 Å². The Morgan fingerprint density at radius 3 is 2.69 bits per heavy atom. The Balaban J connectivity index is 1.78. The van der Waals surface area contributed by atoms with Gasteiger partial charge in [-0.2, -0.15) is 0 Å². The van der Waals surface area contributed by atoms with Gasteiger partial charge in [-0.1, -0.05) is 6.92 Å². The van der Waals surface area contributed by atoms with Crippen molar-refractivity contribution in [2.24, 2.45) is 11.7 Å². The van der Waals surface area contributed by atoms with Crippen LogP contribution in [0.3, 0.4) is 0 Å². The van der Waals surface area contributed by atoms with Crippen molar-refractivity contribution >= 4 is 0 Å². The molecular formula is C12H24N2O2. The topological polar surface area (TPSA) is 67.5 Å². The maximum Gasteiger partial charge on any atom is 0.0899 e. The van der Waals surface area contributed by atoms with Crippen molar-refractivity contribution in [3.05, 3.63) is 0 Å². The van der Waals surface area contributed by atoms with E-state index in [1.165, 1.54) is 0 Å². The molecule has 2 aliphatic rings. The summed E-state index contributed by atoms with van der Waals surface area (Å²) in [6, 6.07) is 0.894. The number of aliphatic hydroxyl groups excluding tert-OH is 1. The van der Waals surface area contributed by atoms with Gasteiger partial charge in [-0.25, -0.2) is 0 Å². The minimum Gasteiger partial charge on any atom is -0.393 e. The second kappa shape index (κ2) is 5.00. The molecule has 4 nitrogen and oxygen atoms in total. The second-order valence-electron chi connectivity index (χ2n) is 5.48. The zero-order valence-corrected chi connectivity index (χ0v) is 10.2. The van der Waals surface area contributed by atoms with Gasteiger partial charge in [0.1, 0.15) is 0 Å². The van der Waals surface area contributed by atoms with Gasteiger partial charge in [0, 0.05) is 12.1 Å². The third-order valence-electron chi connectivity index (χ3n) is 3.99. The molecule has 0 bridgehead atoms. The Hall–Kier alpha value is -0.160. The Kier molecular flexibility index (Phi) is 3.85. The number of nitrogens with one attached hydrogen (secondary N) is 1. The molecule has 0 radical (unpaired) electrons. The number of nitrogens with two attached hydrogens (primary N) is 1. The van der Waals surface area contributed by atoms with Gasteiger partial charge in [0.15, 0.2) is 0 Å². The summed E-state index contributed by atoms with van der Waals surface area (Å²) in [4.78, 5) is 0. The van der Waals surface area contributed by atoms with Crippen molar-refractivity contribution in [1.82, 2.24) is 5.32 Å². The maximum absolute atomic E-state index is 9.83. The molecule has 16 heavy (non-hydrogen) atoms. The lowest BCUT2D eigenvalue weighted by Crippen LogP contribution is -2.63. The molecule has 1 saturated carbocycles. The van der Waals surface area contributed by atoms with E-state index in [0.717, 1.165) is 25.9 Å². The van der Waals surface area contributed by atoms with Crippen LogP contribution in [-0.4, -0.2) is 42.0 Å². The van der Waals surface area contributed by atoms with Crippen LogP contribution in [0.2, 0.25) is 0 Å². The second-order valence-corrected chi connectivity index (χ2v) is 5.48. The van der Waals surface area contributed by atoms with Crippen molar-refractivity contribution < 1.29 is 9.84 Å². The average molecular weight is 228 g/mol. The van der Waals surface area contributed by atoms with E-state index >= 15 is 0 Å². The highest BCUT2D eigenvalue weighted by Gasteiger charge is 2.37. The standard InChI is InChI=1S/C12H24N2O2/c1-7-3-4-9(5-11(7)15)14-10-6-16-12(10)8(2)13/h7-12,14-15H,3-6,13H2,1-2H3/t7-,8-,9-,10?,11-,12?/m1/s1. The molecule has 0 aromatic rings. The highest BCUT2D eigenvalue weighted by atomic mass is 16.5. The first-order chi connectivity index (χ1) is 7.58. The number of hydrogen-bond acceptors (Lipinski definition) is 4. The van der Waals surface area contributed by atoms with Gasteiger partial charge < -0.3 is 20.9 Å². The predicted octanol–water partition coefficient (Wildman–Crippen LogP) is 0.240. The lowest BCUT2D eigenvalue weighted by Gasteiger charge is -2.43. The molecule has 94 valence electrons. The molecule has 1 saturated heterocycles. The number of ether oxygens (including phenoxy) is 1. The maximum atomic E-state index is 9.83. The molecule has 2 rings (SSSR count). The van der Waals surface area contributed by atoms with E-state index in [1.54, 1.807) is 0 Å². The smallest absolute Gasteiger partial charge is 0.0899 e. The zero-order chi connectivity index (χ0) is 11.7. The molecule has 0 aromatic heterocycles. The largest absolute Gasteiger partial charge is 0.393 e. The third-order valence-corrected chi connectivity index (χ3v) is 3.99. The van der Waals surface area contributed by atoms with Crippen LogP contribution in [0.25, 0.3) is 0 Å². The fourth-order valence-electron chi connectivity index (χ4n) is 2.72. The van der Waals surface area contributed by atoms with E-state index in [9.17, 15) is 5.11 Å². The fraction of sp³-hybridized carbons (Fsp3) is 1.00. The van der Waals surface area contributed by atoms with Gasteiger partial charge in [0.25, 0.3) is 0 Å². The third kappa shape index (κ3) is 2.56. The Bertz CT molecular complexity index is 235. The highest BCUT2D eigenvalue weighted by molar-refractivity contribution is 4.94. The van der Waals surface area contributed by atoms with Crippen LogP contribution in [0, 0.1) is 5.92 Å². The van der Waals surface area contributed by atoms with Crippen molar-refractivity contribution in [2.45, 2.75) is 63.4 Å². The van der Waals surface area contributed by atoms with Crippen LogP contribution in [0.4, 0.5) is 0 Å². The quantitative estimate of drug-likeness (QED) is 0.647. The van der Waals surface area contributed by atoms with Crippen LogP contribution in [0.1, 0.15) is 33.1 Å². The van der Waals surface area contributed by atoms with Gasteiger partial charge in [0.2, 0.25) is 0 Å². The Morgan fingerprint density at radius 2 is 2.19 bits per heavy atom. The summed E-state index contributed by atoms with van der Waals surface area (Å²) < 4.78 is 5.44. The van der Waals surface area contributed by atoms with Crippen molar-refractivity contribution in [1.29, 1.82) is 0 Å². The van der Waals surface area contributed by atoms with Crippen LogP contribution >= 0.6 is 0 Å². The van der Waals surface area contributed by atoms with Crippen LogP contribution in [0.5, 0.6) is 0 Å². The first-order valence-electron chi connectivity index (χ1n) is 6.39. The summed E-state index contributed by atoms with van der Waals surface area (Å²) in [7, 11) is 0. The van der Waals surface area contributed by atoms with Gasteiger partial charge in [-0.05, 0) is 32.1 Å². The van der Waals surface area contributed by atoms with Crippen LogP contribution in [0.15, 0.2) is 0 Å². The summed E-state index contributed by atoms with van der Waals surface area (Å²) >= 11 is 0. The molecule has 1 heterocycles. The molecule has 4 N–H and O–H groups in total. The number of aliphatic hydroxyl groups is 1. The summed E-state index contributed by atoms with van der Waals surface area (Å²) in [5.74, 6) is 0.444. The van der Waals surface area contributed by atoms with Crippen molar-refractivity contribution in [2.75, 3.05) is 6.61 Å². The van der Waals surface area contributed by atoms with E-state index in [2.05, 4.69) is 12.2 Å². The van der Waals surface area contributed by atoms with Crippen LogP contribution in [-0.2, 0) is 4.74 Å². The van der Waals surface area contributed by atoms with Gasteiger partial charge in [0.05, 0.1) is 24.9 Å². The first kappa shape index (κ1) is 12.3. The molecule has 0 amide bonds. The van der Waals surface area contributed by atoms with E-state index in [4.69, 9.17) is 10.5 Å². The first-order valence-corrected chi connectivity index (χ1v) is 6.39. The van der Waals surface area contributed by atoms with E-state index in [1.807, 2.05) is 6.92 Å². The Labute approximate surface area is 97.5 Å². The minimum absolute atomic E-state index is 0.0821. The SMILES string of the molecule is C[C@@H]1CC[C@@H](NC2COC2[C@@H](C)N)C[C@H]1O. The molecule has 0 aromatic carbocycles. The predicted molar refractivity (Wildman–Crippen MR) is 63.1 cm³/mol. The van der Waals surface area contributed by atoms with Crippen molar-refractivity contribution in [3.8, 4) is 0 Å². The highest BCUT2D eigenvalue weighted by Crippen LogP contribution is 2.26. The zero-order valence-electron chi connectivity index (χ0n) is 10.2. The van der Waals surface area contributed by atoms with E-state index in [-0.39, 0.29) is 18.2 Å². The average Bonchev–Trinajstić information content (AvgIpc) is 2.17. The monoisotopic (exact) mass is 228 g/mol. The number of rotatable bonds is 3. The normalized spacial score (nSPS) is 46.1.